The Bertz CT molecular complexity index is 1100. The second-order valence-corrected chi connectivity index (χ2v) is 7.29. The van der Waals surface area contributed by atoms with Gasteiger partial charge in [0.2, 0.25) is 11.2 Å². The third-order valence-electron chi connectivity index (χ3n) is 3.94. The third-order valence-corrected chi connectivity index (χ3v) is 4.47. The maximum Gasteiger partial charge on any atom is 0.450 e. The molecule has 0 aliphatic carbocycles. The van der Waals surface area contributed by atoms with Crippen molar-refractivity contribution in [2.75, 3.05) is 0 Å². The molecule has 0 unspecified atom stereocenters. The highest BCUT2D eigenvalue weighted by molar-refractivity contribution is 9.10. The molecule has 3 aromatic rings. The summed E-state index contributed by atoms with van der Waals surface area (Å²) in [5.41, 5.74) is -1.62. The first-order chi connectivity index (χ1) is 13.1. The zero-order valence-corrected chi connectivity index (χ0v) is 16.3. The Morgan fingerprint density at radius 1 is 1.11 bits per heavy atom. The maximum atomic E-state index is 13.6. The highest BCUT2D eigenvalue weighted by Gasteiger charge is 2.39. The summed E-state index contributed by atoms with van der Waals surface area (Å²) in [5.74, 6) is -2.38. The van der Waals surface area contributed by atoms with Gasteiger partial charge in [-0.25, -0.2) is 0 Å². The van der Waals surface area contributed by atoms with E-state index in [2.05, 4.69) is 15.9 Å². The van der Waals surface area contributed by atoms with Gasteiger partial charge in [0.15, 0.2) is 0 Å². The zero-order valence-electron chi connectivity index (χ0n) is 14.8. The van der Waals surface area contributed by atoms with Crippen LogP contribution >= 0.6 is 15.9 Å². The Morgan fingerprint density at radius 2 is 1.75 bits per heavy atom. The fourth-order valence-corrected chi connectivity index (χ4v) is 2.81. The van der Waals surface area contributed by atoms with E-state index in [9.17, 15) is 22.8 Å². The Kier molecular flexibility index (Phi) is 5.34. The van der Waals surface area contributed by atoms with E-state index in [-0.39, 0.29) is 22.3 Å². The number of hydrogen-bond acceptors (Lipinski definition) is 4. The number of benzene rings is 2. The molecule has 0 saturated carbocycles. The lowest BCUT2D eigenvalue weighted by Gasteiger charge is -2.13. The number of carbonyl (C=O) groups is 1. The van der Waals surface area contributed by atoms with Gasteiger partial charge in [0.1, 0.15) is 11.3 Å². The summed E-state index contributed by atoms with van der Waals surface area (Å²) < 4.78 is 51.7. The first kappa shape index (κ1) is 20.1. The van der Waals surface area contributed by atoms with Gasteiger partial charge in [-0.1, -0.05) is 41.9 Å². The highest BCUT2D eigenvalue weighted by Crippen LogP contribution is 2.38. The molecule has 0 aliphatic rings. The molecule has 4 nitrogen and oxygen atoms in total. The summed E-state index contributed by atoms with van der Waals surface area (Å²) in [6.07, 6.45) is -4.89. The molecule has 146 valence electrons. The van der Waals surface area contributed by atoms with Gasteiger partial charge >= 0.3 is 12.1 Å². The number of rotatable bonds is 3. The lowest BCUT2D eigenvalue weighted by molar-refractivity contribution is -0.152. The summed E-state index contributed by atoms with van der Waals surface area (Å²) in [7, 11) is 0. The van der Waals surface area contributed by atoms with Crippen molar-refractivity contribution in [1.82, 2.24) is 0 Å². The first-order valence-corrected chi connectivity index (χ1v) is 9.03. The molecular weight excluding hydrogens is 441 g/mol. The minimum absolute atomic E-state index is 0.00105. The van der Waals surface area contributed by atoms with Gasteiger partial charge in [-0.3, -0.25) is 9.59 Å². The normalized spacial score (nSPS) is 11.8. The Morgan fingerprint density at radius 3 is 2.32 bits per heavy atom. The molecule has 0 saturated heterocycles. The quantitative estimate of drug-likeness (QED) is 0.370. The predicted molar refractivity (Wildman–Crippen MR) is 101 cm³/mol. The average molecular weight is 455 g/mol. The third kappa shape index (κ3) is 3.96. The van der Waals surface area contributed by atoms with Crippen molar-refractivity contribution in [3.05, 3.63) is 62.9 Å². The van der Waals surface area contributed by atoms with Crippen LogP contribution in [-0.4, -0.2) is 5.97 Å². The SMILES string of the molecule is CC(C)C(=O)Oc1ccc2c(=O)c(-c3ccc(Br)cc3)c(C(F)(F)F)oc2c1. The van der Waals surface area contributed by atoms with Crippen LogP contribution in [0.3, 0.4) is 0 Å². The van der Waals surface area contributed by atoms with Crippen LogP contribution in [-0.2, 0) is 11.0 Å². The van der Waals surface area contributed by atoms with E-state index >= 15 is 0 Å². The van der Waals surface area contributed by atoms with Gasteiger partial charge in [-0.05, 0) is 29.8 Å². The van der Waals surface area contributed by atoms with Crippen LogP contribution in [0, 0.1) is 5.92 Å². The van der Waals surface area contributed by atoms with Gasteiger partial charge in [-0.2, -0.15) is 13.2 Å². The fourth-order valence-electron chi connectivity index (χ4n) is 2.55. The molecule has 0 bridgehead atoms. The molecule has 2 aromatic carbocycles. The number of carbonyl (C=O) groups excluding carboxylic acids is 1. The highest BCUT2D eigenvalue weighted by atomic mass is 79.9. The minimum atomic E-state index is -4.89. The lowest BCUT2D eigenvalue weighted by Crippen LogP contribution is -2.17. The molecule has 0 atom stereocenters. The van der Waals surface area contributed by atoms with E-state index in [1.54, 1.807) is 13.8 Å². The standard InChI is InChI=1S/C20H14BrF3O4/c1-10(2)19(26)27-13-7-8-14-15(9-13)28-18(20(22,23)24)16(17(14)25)11-3-5-12(21)6-4-11/h3-10H,1-2H3. The molecule has 1 heterocycles. The van der Waals surface area contributed by atoms with Crippen LogP contribution in [0.25, 0.3) is 22.1 Å². The van der Waals surface area contributed by atoms with E-state index in [1.165, 1.54) is 36.4 Å². The van der Waals surface area contributed by atoms with Crippen molar-refractivity contribution in [2.45, 2.75) is 20.0 Å². The van der Waals surface area contributed by atoms with Crippen molar-refractivity contribution in [3.63, 3.8) is 0 Å². The average Bonchev–Trinajstić information content (AvgIpc) is 2.61. The number of fused-ring (bicyclic) bond motifs is 1. The van der Waals surface area contributed by atoms with Crippen molar-refractivity contribution < 1.29 is 27.1 Å². The molecule has 0 N–H and O–H groups in total. The van der Waals surface area contributed by atoms with Crippen LogP contribution in [0.1, 0.15) is 19.6 Å². The molecule has 0 aliphatic heterocycles. The smallest absolute Gasteiger partial charge is 0.450 e. The molecule has 0 amide bonds. The monoisotopic (exact) mass is 454 g/mol. The molecule has 28 heavy (non-hydrogen) atoms. The second kappa shape index (κ2) is 7.43. The van der Waals surface area contributed by atoms with Gasteiger partial charge in [0.25, 0.3) is 0 Å². The number of esters is 1. The molecule has 1 aromatic heterocycles. The van der Waals surface area contributed by atoms with Crippen LogP contribution in [0.2, 0.25) is 0 Å². The van der Waals surface area contributed by atoms with Crippen molar-refractivity contribution in [3.8, 4) is 16.9 Å². The van der Waals surface area contributed by atoms with Gasteiger partial charge in [-0.15, -0.1) is 0 Å². The van der Waals surface area contributed by atoms with E-state index < -0.39 is 34.8 Å². The second-order valence-electron chi connectivity index (χ2n) is 6.37. The Balaban J connectivity index is 2.24. The fraction of sp³-hybridized carbons (Fsp3) is 0.200. The molecule has 0 fully saturated rings. The van der Waals surface area contributed by atoms with Gasteiger partial charge in [0, 0.05) is 10.5 Å². The molecule has 8 heteroatoms. The lowest BCUT2D eigenvalue weighted by atomic mass is 10.0. The minimum Gasteiger partial charge on any atom is -0.450 e. The zero-order chi connectivity index (χ0) is 20.6. The number of ether oxygens (including phenoxy) is 1. The van der Waals surface area contributed by atoms with E-state index in [0.29, 0.717) is 4.47 Å². The van der Waals surface area contributed by atoms with Crippen molar-refractivity contribution in [1.29, 1.82) is 0 Å². The molecule has 3 rings (SSSR count). The van der Waals surface area contributed by atoms with E-state index in [4.69, 9.17) is 9.15 Å². The van der Waals surface area contributed by atoms with Crippen LogP contribution < -0.4 is 10.2 Å². The maximum absolute atomic E-state index is 13.6. The van der Waals surface area contributed by atoms with Crippen LogP contribution in [0.15, 0.2) is 56.1 Å². The van der Waals surface area contributed by atoms with Crippen LogP contribution in [0.4, 0.5) is 13.2 Å². The van der Waals surface area contributed by atoms with E-state index in [1.807, 2.05) is 0 Å². The summed E-state index contributed by atoms with van der Waals surface area (Å²) in [6, 6.07) is 9.61. The Labute approximate surface area is 166 Å². The van der Waals surface area contributed by atoms with Crippen molar-refractivity contribution in [2.24, 2.45) is 5.92 Å². The topological polar surface area (TPSA) is 56.5 Å². The van der Waals surface area contributed by atoms with E-state index in [0.717, 1.165) is 6.07 Å². The number of alkyl halides is 3. The van der Waals surface area contributed by atoms with Crippen molar-refractivity contribution >= 4 is 32.9 Å². The first-order valence-electron chi connectivity index (χ1n) is 8.23. The number of halogens is 4. The largest absolute Gasteiger partial charge is 0.450 e. The summed E-state index contributed by atoms with van der Waals surface area (Å²) in [6.45, 7) is 3.24. The molecular formula is C20H14BrF3O4. The summed E-state index contributed by atoms with van der Waals surface area (Å²) in [4.78, 5) is 24.6. The summed E-state index contributed by atoms with van der Waals surface area (Å²) in [5, 5.41) is -0.0461. The molecule has 0 spiro atoms. The number of hydrogen-bond donors (Lipinski definition) is 0. The Hall–Kier alpha value is -2.61. The molecule has 0 radical (unpaired) electrons. The van der Waals surface area contributed by atoms with Gasteiger partial charge in [0.05, 0.1) is 16.9 Å². The van der Waals surface area contributed by atoms with Crippen LogP contribution in [0.5, 0.6) is 5.75 Å². The summed E-state index contributed by atoms with van der Waals surface area (Å²) >= 11 is 3.21. The predicted octanol–water partition coefficient (Wildman–Crippen LogP) is 5.80. The van der Waals surface area contributed by atoms with Gasteiger partial charge < -0.3 is 9.15 Å².